The Morgan fingerprint density at radius 2 is 1.64 bits per heavy atom. The van der Waals surface area contributed by atoms with Crippen LogP contribution in [0, 0.1) is 0 Å². The smallest absolute Gasteiger partial charge is 0.294 e. The lowest BCUT2D eigenvalue weighted by molar-refractivity contribution is 0.0987. The maximum atomic E-state index is 13.2. The van der Waals surface area contributed by atoms with Crippen LogP contribution in [0.2, 0.25) is 0 Å². The fraction of sp³-hybridized carbons (Fsp3) is 0.194. The zero-order valence-electron chi connectivity index (χ0n) is 23.4. The maximum absolute atomic E-state index is 13.2. The monoisotopic (exact) mass is 585 g/mol. The summed E-state index contributed by atoms with van der Waals surface area (Å²) in [5.74, 6) is 2.63. The number of ether oxygens (including phenoxy) is 5. The molecule has 0 aliphatic rings. The van der Waals surface area contributed by atoms with Crippen LogP contribution < -0.4 is 23.7 Å². The first-order valence-electron chi connectivity index (χ1n) is 13.0. The quantitative estimate of drug-likeness (QED) is 0.163. The topological polar surface area (TPSA) is 107 Å². The van der Waals surface area contributed by atoms with Crippen LogP contribution in [0.1, 0.15) is 21.5 Å². The molecule has 11 heteroatoms. The normalized spacial score (nSPS) is 11.1. The fourth-order valence-corrected chi connectivity index (χ4v) is 5.42. The first-order chi connectivity index (χ1) is 20.5. The van der Waals surface area contributed by atoms with Crippen molar-refractivity contribution >= 4 is 33.1 Å². The van der Waals surface area contributed by atoms with E-state index >= 15 is 0 Å². The number of rotatable bonds is 11. The van der Waals surface area contributed by atoms with E-state index in [1.54, 1.807) is 43.1 Å². The van der Waals surface area contributed by atoms with Gasteiger partial charge in [0.1, 0.15) is 46.4 Å². The number of imidazole rings is 1. The van der Waals surface area contributed by atoms with Crippen LogP contribution in [-0.2, 0) is 13.0 Å². The van der Waals surface area contributed by atoms with Crippen molar-refractivity contribution in [3.63, 3.8) is 0 Å². The minimum absolute atomic E-state index is 0.101. The number of hydrogen-bond acceptors (Lipinski definition) is 10. The molecule has 6 rings (SSSR count). The van der Waals surface area contributed by atoms with Crippen LogP contribution in [0.15, 0.2) is 71.3 Å². The Labute approximate surface area is 245 Å². The van der Waals surface area contributed by atoms with Crippen LogP contribution in [0.25, 0.3) is 27.4 Å². The molecule has 0 aliphatic heterocycles. The van der Waals surface area contributed by atoms with Gasteiger partial charge in [0.05, 0.1) is 40.0 Å². The molecule has 0 amide bonds. The van der Waals surface area contributed by atoms with E-state index in [-0.39, 0.29) is 18.8 Å². The summed E-state index contributed by atoms with van der Waals surface area (Å²) in [6.07, 6.45) is 1.97. The van der Waals surface area contributed by atoms with Gasteiger partial charge in [0.15, 0.2) is 11.5 Å². The van der Waals surface area contributed by atoms with Crippen LogP contribution >= 0.6 is 11.3 Å². The highest BCUT2D eigenvalue weighted by atomic mass is 32.1. The van der Waals surface area contributed by atoms with Crippen molar-refractivity contribution in [3.05, 3.63) is 83.6 Å². The molecule has 0 aliphatic carbocycles. The predicted octanol–water partition coefficient (Wildman–Crippen LogP) is 6.24. The molecule has 0 radical (unpaired) electrons. The Morgan fingerprint density at radius 3 is 2.36 bits per heavy atom. The Bertz CT molecular complexity index is 1850. The van der Waals surface area contributed by atoms with E-state index < -0.39 is 0 Å². The standard InChI is InChI=1S/C31H27N3O7S/c1-36-20-13-26(21-15-28(41-27(21)14-20)22-16-34-30(32-22)42-31(33-34)39-4)40-17-19-8-5-7-18(11-19)12-23(35)29-24(37-2)9-6-10-25(29)38-3/h5-11,13-16H,12,17H2,1-4H3. The number of aromatic nitrogens is 3. The van der Waals surface area contributed by atoms with Gasteiger partial charge in [-0.3, -0.25) is 4.79 Å². The van der Waals surface area contributed by atoms with Crippen molar-refractivity contribution in [3.8, 4) is 39.6 Å². The molecule has 3 heterocycles. The molecule has 0 fully saturated rings. The van der Waals surface area contributed by atoms with Gasteiger partial charge in [-0.1, -0.05) is 30.3 Å². The summed E-state index contributed by atoms with van der Waals surface area (Å²) in [6.45, 7) is 0.271. The van der Waals surface area contributed by atoms with E-state index in [0.717, 1.165) is 16.5 Å². The number of hydrogen-bond donors (Lipinski definition) is 0. The summed E-state index contributed by atoms with van der Waals surface area (Å²) >= 11 is 1.34. The van der Waals surface area contributed by atoms with Crippen LogP contribution in [-0.4, -0.2) is 48.8 Å². The Morgan fingerprint density at radius 1 is 0.881 bits per heavy atom. The Hall–Kier alpha value is -5.03. The second-order valence-corrected chi connectivity index (χ2v) is 10.2. The van der Waals surface area contributed by atoms with Crippen molar-refractivity contribution in [2.75, 3.05) is 28.4 Å². The molecule has 0 N–H and O–H groups in total. The van der Waals surface area contributed by atoms with Gasteiger partial charge in [0, 0.05) is 18.6 Å². The summed E-state index contributed by atoms with van der Waals surface area (Å²) in [5.41, 5.74) is 3.42. The van der Waals surface area contributed by atoms with Crippen molar-refractivity contribution in [1.29, 1.82) is 0 Å². The second kappa shape index (κ2) is 11.5. The highest BCUT2D eigenvalue weighted by Crippen LogP contribution is 2.38. The van der Waals surface area contributed by atoms with E-state index in [4.69, 9.17) is 28.1 Å². The number of ketones is 1. The van der Waals surface area contributed by atoms with E-state index in [2.05, 4.69) is 10.1 Å². The molecule has 3 aromatic carbocycles. The van der Waals surface area contributed by atoms with Gasteiger partial charge in [-0.05, 0) is 40.7 Å². The summed E-state index contributed by atoms with van der Waals surface area (Å²) in [4.78, 5) is 18.6. The number of fused-ring (bicyclic) bond motifs is 2. The zero-order chi connectivity index (χ0) is 29.2. The van der Waals surface area contributed by atoms with Gasteiger partial charge < -0.3 is 28.1 Å². The number of carbonyl (C=O) groups excluding carboxylic acids is 1. The lowest BCUT2D eigenvalue weighted by Gasteiger charge is -2.13. The van der Waals surface area contributed by atoms with E-state index in [0.29, 0.717) is 55.8 Å². The molecule has 0 unspecified atom stereocenters. The van der Waals surface area contributed by atoms with Gasteiger partial charge in [0.25, 0.3) is 5.19 Å². The summed E-state index contributed by atoms with van der Waals surface area (Å²) in [7, 11) is 6.24. The molecule has 10 nitrogen and oxygen atoms in total. The Kier molecular flexibility index (Phi) is 7.41. The molecule has 0 atom stereocenters. The SMILES string of the molecule is COc1cc(OCc2cccc(CC(=O)c3c(OC)cccc3OC)c2)c2cc(-c3cn4nc(OC)sc4n3)oc2c1. The maximum Gasteiger partial charge on any atom is 0.294 e. The molecule has 0 saturated heterocycles. The highest BCUT2D eigenvalue weighted by Gasteiger charge is 2.20. The lowest BCUT2D eigenvalue weighted by Crippen LogP contribution is -2.08. The van der Waals surface area contributed by atoms with Gasteiger partial charge in [-0.25, -0.2) is 9.50 Å². The molecular weight excluding hydrogens is 558 g/mol. The van der Waals surface area contributed by atoms with Gasteiger partial charge in [-0.15, -0.1) is 5.10 Å². The van der Waals surface area contributed by atoms with E-state index in [9.17, 15) is 4.79 Å². The number of carbonyl (C=O) groups is 1. The van der Waals surface area contributed by atoms with Crippen LogP contribution in [0.3, 0.4) is 0 Å². The fourth-order valence-electron chi connectivity index (χ4n) is 4.72. The van der Waals surface area contributed by atoms with Gasteiger partial charge >= 0.3 is 0 Å². The molecule has 0 spiro atoms. The molecule has 42 heavy (non-hydrogen) atoms. The second-order valence-electron chi connectivity index (χ2n) is 9.32. The molecule has 0 saturated carbocycles. The lowest BCUT2D eigenvalue weighted by atomic mass is 10.00. The third-order valence-corrected chi connectivity index (χ3v) is 7.60. The van der Waals surface area contributed by atoms with Crippen LogP contribution in [0.5, 0.6) is 28.2 Å². The molecule has 214 valence electrons. The Balaban J connectivity index is 1.23. The molecule has 0 bridgehead atoms. The van der Waals surface area contributed by atoms with Crippen molar-refractivity contribution < 1.29 is 32.9 Å². The van der Waals surface area contributed by atoms with Gasteiger partial charge in [-0.2, -0.15) is 0 Å². The average Bonchev–Trinajstić information content (AvgIpc) is 3.72. The minimum atomic E-state index is -0.101. The van der Waals surface area contributed by atoms with Crippen molar-refractivity contribution in [2.24, 2.45) is 0 Å². The predicted molar refractivity (Wildman–Crippen MR) is 158 cm³/mol. The third kappa shape index (κ3) is 5.21. The van der Waals surface area contributed by atoms with Gasteiger partial charge in [0.2, 0.25) is 4.96 Å². The highest BCUT2D eigenvalue weighted by molar-refractivity contribution is 7.18. The summed E-state index contributed by atoms with van der Waals surface area (Å²) in [6, 6.07) is 18.5. The first kappa shape index (κ1) is 27.2. The van der Waals surface area contributed by atoms with Crippen LogP contribution in [0.4, 0.5) is 0 Å². The van der Waals surface area contributed by atoms with E-state index in [1.165, 1.54) is 25.6 Å². The van der Waals surface area contributed by atoms with E-state index in [1.807, 2.05) is 42.5 Å². The summed E-state index contributed by atoms with van der Waals surface area (Å²) in [5, 5.41) is 5.64. The molecule has 3 aromatic heterocycles. The largest absolute Gasteiger partial charge is 0.496 e. The molecular formula is C31H27N3O7S. The number of Topliss-reactive ketones (excluding diaryl/α,β-unsaturated/α-hetero) is 1. The van der Waals surface area contributed by atoms with Crippen molar-refractivity contribution in [2.45, 2.75) is 13.0 Å². The molecule has 6 aromatic rings. The third-order valence-electron chi connectivity index (χ3n) is 6.72. The summed E-state index contributed by atoms with van der Waals surface area (Å²) < 4.78 is 35.6. The number of nitrogens with zero attached hydrogens (tertiary/aromatic N) is 3. The zero-order valence-corrected chi connectivity index (χ0v) is 24.2. The number of methoxy groups -OCH3 is 4. The average molecular weight is 586 g/mol. The number of furan rings is 1. The minimum Gasteiger partial charge on any atom is -0.496 e. The first-order valence-corrected chi connectivity index (χ1v) is 13.8. The number of benzene rings is 3. The van der Waals surface area contributed by atoms with Crippen molar-refractivity contribution in [1.82, 2.24) is 14.6 Å².